The molecule has 1 amide bonds. The van der Waals surface area contributed by atoms with Gasteiger partial charge in [-0.05, 0) is 30.3 Å². The van der Waals surface area contributed by atoms with Crippen LogP contribution in [0.3, 0.4) is 0 Å². The van der Waals surface area contributed by atoms with Crippen LogP contribution in [0.4, 0.5) is 5.69 Å². The van der Waals surface area contributed by atoms with Crippen LogP contribution in [0.5, 0.6) is 11.5 Å². The zero-order valence-electron chi connectivity index (χ0n) is 13.3. The third-order valence-corrected chi connectivity index (χ3v) is 4.71. The van der Waals surface area contributed by atoms with Crippen molar-refractivity contribution in [3.8, 4) is 11.5 Å². The molecule has 0 aliphatic rings. The molecule has 0 heterocycles. The van der Waals surface area contributed by atoms with Crippen molar-refractivity contribution in [2.75, 3.05) is 25.8 Å². The second-order valence-corrected chi connectivity index (χ2v) is 7.36. The molecular weight excluding hydrogens is 354 g/mol. The molecule has 0 aromatic heterocycles. The highest BCUT2D eigenvalue weighted by molar-refractivity contribution is 7.90. The van der Waals surface area contributed by atoms with E-state index in [1.807, 2.05) is 0 Å². The predicted molar refractivity (Wildman–Crippen MR) is 92.1 cm³/mol. The van der Waals surface area contributed by atoms with Gasteiger partial charge in [0.05, 0.1) is 35.4 Å². The van der Waals surface area contributed by atoms with Crippen LogP contribution in [0.15, 0.2) is 41.3 Å². The van der Waals surface area contributed by atoms with Crippen LogP contribution in [0.2, 0.25) is 5.02 Å². The van der Waals surface area contributed by atoms with Gasteiger partial charge in [-0.15, -0.1) is 0 Å². The van der Waals surface area contributed by atoms with Gasteiger partial charge in [0.2, 0.25) is 0 Å². The number of halogens is 1. The lowest BCUT2D eigenvalue weighted by Crippen LogP contribution is -2.14. The molecule has 0 saturated carbocycles. The molecule has 6 nitrogen and oxygen atoms in total. The maximum atomic E-state index is 12.5. The molecule has 24 heavy (non-hydrogen) atoms. The summed E-state index contributed by atoms with van der Waals surface area (Å²) >= 11 is 6.02. The van der Waals surface area contributed by atoms with Crippen molar-refractivity contribution in [1.82, 2.24) is 0 Å². The number of carbonyl (C=O) groups excluding carboxylic acids is 1. The fraction of sp³-hybridized carbons (Fsp3) is 0.188. The first kappa shape index (κ1) is 18.1. The Balaban J connectivity index is 2.37. The van der Waals surface area contributed by atoms with E-state index in [0.29, 0.717) is 17.2 Å². The predicted octanol–water partition coefficient (Wildman–Crippen LogP) is 3.01. The summed E-state index contributed by atoms with van der Waals surface area (Å²) in [6.07, 6.45) is 1.06. The molecule has 0 fully saturated rings. The summed E-state index contributed by atoms with van der Waals surface area (Å²) in [5.74, 6) is 0.425. The van der Waals surface area contributed by atoms with Crippen molar-refractivity contribution in [2.45, 2.75) is 4.90 Å². The highest BCUT2D eigenvalue weighted by atomic mass is 35.5. The van der Waals surface area contributed by atoms with Crippen LogP contribution in [-0.2, 0) is 9.84 Å². The Morgan fingerprint density at radius 2 is 1.79 bits per heavy atom. The Labute approximate surface area is 145 Å². The summed E-state index contributed by atoms with van der Waals surface area (Å²) in [4.78, 5) is 12.5. The maximum absolute atomic E-state index is 12.5. The highest BCUT2D eigenvalue weighted by Crippen LogP contribution is 2.30. The van der Waals surface area contributed by atoms with E-state index in [1.54, 1.807) is 18.2 Å². The number of hydrogen-bond donors (Lipinski definition) is 1. The first-order valence-corrected chi connectivity index (χ1v) is 9.06. The van der Waals surface area contributed by atoms with Crippen molar-refractivity contribution < 1.29 is 22.7 Å². The van der Waals surface area contributed by atoms with E-state index < -0.39 is 15.7 Å². The monoisotopic (exact) mass is 369 g/mol. The van der Waals surface area contributed by atoms with Crippen molar-refractivity contribution in [3.05, 3.63) is 47.0 Å². The van der Waals surface area contributed by atoms with Gasteiger partial charge in [0.15, 0.2) is 9.84 Å². The summed E-state index contributed by atoms with van der Waals surface area (Å²) in [6.45, 7) is 0. The molecule has 1 N–H and O–H groups in total. The number of ether oxygens (including phenoxy) is 2. The SMILES string of the molecule is COc1ccc(NC(=O)c2cc(S(C)(=O)=O)ccc2Cl)c(OC)c1. The molecule has 2 aromatic rings. The third-order valence-electron chi connectivity index (χ3n) is 3.27. The average molecular weight is 370 g/mol. The van der Waals surface area contributed by atoms with Crippen LogP contribution in [-0.4, -0.2) is 34.8 Å². The number of nitrogens with one attached hydrogen (secondary N) is 1. The molecule has 2 aromatic carbocycles. The van der Waals surface area contributed by atoms with Crippen LogP contribution in [0, 0.1) is 0 Å². The Morgan fingerprint density at radius 3 is 2.38 bits per heavy atom. The van der Waals surface area contributed by atoms with E-state index in [0.717, 1.165) is 6.26 Å². The smallest absolute Gasteiger partial charge is 0.257 e. The van der Waals surface area contributed by atoms with E-state index in [2.05, 4.69) is 5.32 Å². The van der Waals surface area contributed by atoms with Gasteiger partial charge in [-0.2, -0.15) is 0 Å². The summed E-state index contributed by atoms with van der Waals surface area (Å²) < 4.78 is 33.6. The Kier molecular flexibility index (Phi) is 5.36. The standard InChI is InChI=1S/C16H16ClNO5S/c1-22-10-4-7-14(15(8-10)23-2)18-16(19)12-9-11(24(3,20)21)5-6-13(12)17/h4-9H,1-3H3,(H,18,19). The van der Waals surface area contributed by atoms with Gasteiger partial charge in [-0.1, -0.05) is 11.6 Å². The van der Waals surface area contributed by atoms with Crippen molar-refractivity contribution >= 4 is 33.0 Å². The lowest BCUT2D eigenvalue weighted by molar-refractivity contribution is 0.102. The number of rotatable bonds is 5. The number of methoxy groups -OCH3 is 2. The van der Waals surface area contributed by atoms with Crippen molar-refractivity contribution in [2.24, 2.45) is 0 Å². The first-order chi connectivity index (χ1) is 11.3. The zero-order valence-corrected chi connectivity index (χ0v) is 14.9. The van der Waals surface area contributed by atoms with E-state index >= 15 is 0 Å². The van der Waals surface area contributed by atoms with Gasteiger partial charge in [-0.3, -0.25) is 4.79 Å². The third kappa shape index (κ3) is 3.98. The molecule has 8 heteroatoms. The largest absolute Gasteiger partial charge is 0.497 e. The van der Waals surface area contributed by atoms with Gasteiger partial charge in [-0.25, -0.2) is 8.42 Å². The minimum Gasteiger partial charge on any atom is -0.497 e. The molecule has 0 spiro atoms. The number of amides is 1. The Morgan fingerprint density at radius 1 is 1.08 bits per heavy atom. The topological polar surface area (TPSA) is 81.7 Å². The normalized spacial score (nSPS) is 11.0. The number of sulfone groups is 1. The minimum atomic E-state index is -3.45. The second kappa shape index (κ2) is 7.11. The van der Waals surface area contributed by atoms with Gasteiger partial charge in [0.1, 0.15) is 11.5 Å². The van der Waals surface area contributed by atoms with E-state index in [-0.39, 0.29) is 15.5 Å². The van der Waals surface area contributed by atoms with Crippen molar-refractivity contribution in [1.29, 1.82) is 0 Å². The van der Waals surface area contributed by atoms with Crippen LogP contribution < -0.4 is 14.8 Å². The summed E-state index contributed by atoms with van der Waals surface area (Å²) in [5, 5.41) is 2.80. The lowest BCUT2D eigenvalue weighted by Gasteiger charge is -2.12. The van der Waals surface area contributed by atoms with Gasteiger partial charge >= 0.3 is 0 Å². The lowest BCUT2D eigenvalue weighted by atomic mass is 10.2. The fourth-order valence-corrected chi connectivity index (χ4v) is 2.85. The fourth-order valence-electron chi connectivity index (χ4n) is 2.00. The first-order valence-electron chi connectivity index (χ1n) is 6.79. The van der Waals surface area contributed by atoms with Crippen molar-refractivity contribution in [3.63, 3.8) is 0 Å². The van der Waals surface area contributed by atoms with Crippen LogP contribution in [0.25, 0.3) is 0 Å². The molecule has 2 rings (SSSR count). The van der Waals surface area contributed by atoms with Gasteiger partial charge in [0, 0.05) is 12.3 Å². The number of carbonyl (C=O) groups is 1. The second-order valence-electron chi connectivity index (χ2n) is 4.93. The molecule has 0 atom stereocenters. The highest BCUT2D eigenvalue weighted by Gasteiger charge is 2.17. The zero-order chi connectivity index (χ0) is 17.9. The molecule has 0 aliphatic heterocycles. The number of anilines is 1. The van der Waals surface area contributed by atoms with Gasteiger partial charge < -0.3 is 14.8 Å². The van der Waals surface area contributed by atoms with E-state index in [4.69, 9.17) is 21.1 Å². The average Bonchev–Trinajstić information content (AvgIpc) is 2.54. The molecule has 128 valence electrons. The summed E-state index contributed by atoms with van der Waals surface area (Å²) in [5.41, 5.74) is 0.460. The van der Waals surface area contributed by atoms with E-state index in [9.17, 15) is 13.2 Å². The molecule has 0 bridgehead atoms. The number of hydrogen-bond acceptors (Lipinski definition) is 5. The molecule has 0 aliphatic carbocycles. The minimum absolute atomic E-state index is 0.0127. The molecule has 0 saturated heterocycles. The quantitative estimate of drug-likeness (QED) is 0.876. The van der Waals surface area contributed by atoms with Crippen LogP contribution in [0.1, 0.15) is 10.4 Å². The Hall–Kier alpha value is -2.25. The molecular formula is C16H16ClNO5S. The number of benzene rings is 2. The van der Waals surface area contributed by atoms with Crippen LogP contribution >= 0.6 is 11.6 Å². The maximum Gasteiger partial charge on any atom is 0.257 e. The Bertz CT molecular complexity index is 880. The molecule has 0 unspecified atom stereocenters. The van der Waals surface area contributed by atoms with E-state index in [1.165, 1.54) is 32.4 Å². The summed E-state index contributed by atoms with van der Waals surface area (Å²) in [7, 11) is -0.473. The summed E-state index contributed by atoms with van der Waals surface area (Å²) in [6, 6.07) is 8.85. The van der Waals surface area contributed by atoms with Gasteiger partial charge in [0.25, 0.3) is 5.91 Å². The molecule has 0 radical (unpaired) electrons.